The van der Waals surface area contributed by atoms with Gasteiger partial charge in [-0.1, -0.05) is 30.3 Å². The number of thiophene rings is 1. The maximum Gasteiger partial charge on any atom is 0.338 e. The first-order valence-corrected chi connectivity index (χ1v) is 7.22. The van der Waals surface area contributed by atoms with Gasteiger partial charge in [-0.15, -0.1) is 11.3 Å². The van der Waals surface area contributed by atoms with Gasteiger partial charge in [0.15, 0.2) is 0 Å². The fraction of sp³-hybridized carbons (Fsp3) is 0.200. The van der Waals surface area contributed by atoms with Crippen LogP contribution in [0.3, 0.4) is 0 Å². The Morgan fingerprint density at radius 3 is 2.48 bits per heavy atom. The molecule has 2 amide bonds. The summed E-state index contributed by atoms with van der Waals surface area (Å²) in [5, 5.41) is 14.9. The third-order valence-electron chi connectivity index (χ3n) is 3.12. The summed E-state index contributed by atoms with van der Waals surface area (Å²) in [6.45, 7) is 3.96. The maximum atomic E-state index is 11.9. The molecule has 2 rings (SSSR count). The van der Waals surface area contributed by atoms with Crippen LogP contribution in [-0.4, -0.2) is 17.1 Å². The Balaban J connectivity index is 2.03. The van der Waals surface area contributed by atoms with E-state index >= 15 is 0 Å². The minimum atomic E-state index is -1.03. The van der Waals surface area contributed by atoms with E-state index in [-0.39, 0.29) is 5.56 Å². The zero-order valence-corrected chi connectivity index (χ0v) is 12.6. The highest BCUT2D eigenvalue weighted by atomic mass is 32.1. The van der Waals surface area contributed by atoms with E-state index in [1.807, 2.05) is 37.3 Å². The van der Waals surface area contributed by atoms with Gasteiger partial charge in [0.2, 0.25) is 0 Å². The lowest BCUT2D eigenvalue weighted by molar-refractivity contribution is 0.0697. The molecule has 0 bridgehead atoms. The fourth-order valence-corrected chi connectivity index (χ4v) is 2.95. The molecule has 110 valence electrons. The van der Waals surface area contributed by atoms with E-state index in [9.17, 15) is 14.7 Å². The van der Waals surface area contributed by atoms with Crippen molar-refractivity contribution in [2.75, 3.05) is 5.32 Å². The molecule has 1 aromatic carbocycles. The van der Waals surface area contributed by atoms with E-state index in [1.165, 1.54) is 11.3 Å². The number of amides is 2. The summed E-state index contributed by atoms with van der Waals surface area (Å²) < 4.78 is 0. The largest absolute Gasteiger partial charge is 0.478 e. The molecule has 1 aromatic heterocycles. The van der Waals surface area contributed by atoms with Crippen LogP contribution in [0.4, 0.5) is 9.80 Å². The zero-order chi connectivity index (χ0) is 15.4. The van der Waals surface area contributed by atoms with Crippen LogP contribution in [-0.2, 0) is 6.54 Å². The maximum absolute atomic E-state index is 11.9. The lowest BCUT2D eigenvalue weighted by Crippen LogP contribution is -2.28. The number of hydrogen-bond acceptors (Lipinski definition) is 3. The van der Waals surface area contributed by atoms with Gasteiger partial charge in [0.1, 0.15) is 5.00 Å². The van der Waals surface area contributed by atoms with Crippen molar-refractivity contribution in [3.05, 3.63) is 51.9 Å². The van der Waals surface area contributed by atoms with Crippen molar-refractivity contribution in [1.82, 2.24) is 5.32 Å². The summed E-state index contributed by atoms with van der Waals surface area (Å²) in [7, 11) is 0. The van der Waals surface area contributed by atoms with Gasteiger partial charge in [-0.2, -0.15) is 0 Å². The van der Waals surface area contributed by atoms with Crippen molar-refractivity contribution in [1.29, 1.82) is 0 Å². The van der Waals surface area contributed by atoms with E-state index in [0.717, 1.165) is 10.4 Å². The Morgan fingerprint density at radius 1 is 1.19 bits per heavy atom. The number of carbonyl (C=O) groups is 2. The molecule has 0 unspecified atom stereocenters. The number of benzene rings is 1. The Morgan fingerprint density at radius 2 is 1.86 bits per heavy atom. The lowest BCUT2D eigenvalue weighted by Gasteiger charge is -2.07. The summed E-state index contributed by atoms with van der Waals surface area (Å²) >= 11 is 1.27. The summed E-state index contributed by atoms with van der Waals surface area (Å²) in [4.78, 5) is 24.0. The average Bonchev–Trinajstić information content (AvgIpc) is 2.72. The Hall–Kier alpha value is -2.34. The van der Waals surface area contributed by atoms with Crippen LogP contribution < -0.4 is 10.6 Å². The number of nitrogens with one attached hydrogen (secondary N) is 2. The minimum absolute atomic E-state index is 0.160. The lowest BCUT2D eigenvalue weighted by atomic mass is 10.1. The number of aromatic carboxylic acids is 1. The summed E-state index contributed by atoms with van der Waals surface area (Å²) in [5.41, 5.74) is 1.82. The number of anilines is 1. The quantitative estimate of drug-likeness (QED) is 0.810. The topological polar surface area (TPSA) is 78.4 Å². The average molecular weight is 304 g/mol. The predicted octanol–water partition coefficient (Wildman–Crippen LogP) is 3.38. The summed E-state index contributed by atoms with van der Waals surface area (Å²) in [6.07, 6.45) is 0. The molecule has 21 heavy (non-hydrogen) atoms. The number of aryl methyl sites for hydroxylation is 1. The highest BCUT2D eigenvalue weighted by Crippen LogP contribution is 2.32. The van der Waals surface area contributed by atoms with Gasteiger partial charge in [-0.25, -0.2) is 9.59 Å². The number of carboxylic acids is 1. The molecule has 6 heteroatoms. The molecule has 0 spiro atoms. The minimum Gasteiger partial charge on any atom is -0.478 e. The number of hydrogen-bond donors (Lipinski definition) is 3. The molecule has 2 aromatic rings. The highest BCUT2D eigenvalue weighted by Gasteiger charge is 2.20. The fourth-order valence-electron chi connectivity index (χ4n) is 1.90. The van der Waals surface area contributed by atoms with Crippen molar-refractivity contribution in [2.45, 2.75) is 20.4 Å². The highest BCUT2D eigenvalue weighted by molar-refractivity contribution is 7.16. The van der Waals surface area contributed by atoms with Crippen LogP contribution in [0.5, 0.6) is 0 Å². The third-order valence-corrected chi connectivity index (χ3v) is 4.24. The van der Waals surface area contributed by atoms with Gasteiger partial charge in [0.05, 0.1) is 5.56 Å². The van der Waals surface area contributed by atoms with Crippen LogP contribution in [0, 0.1) is 13.8 Å². The summed E-state index contributed by atoms with van der Waals surface area (Å²) in [5.74, 6) is -1.03. The van der Waals surface area contributed by atoms with Crippen LogP contribution in [0.15, 0.2) is 30.3 Å². The normalized spacial score (nSPS) is 10.2. The molecule has 3 N–H and O–H groups in total. The van der Waals surface area contributed by atoms with Gasteiger partial charge in [-0.3, -0.25) is 5.32 Å². The second kappa shape index (κ2) is 6.41. The molecular formula is C15H16N2O3S. The molecule has 0 fully saturated rings. The van der Waals surface area contributed by atoms with Crippen LogP contribution >= 0.6 is 11.3 Å². The smallest absolute Gasteiger partial charge is 0.338 e. The van der Waals surface area contributed by atoms with Gasteiger partial charge in [0.25, 0.3) is 0 Å². The van der Waals surface area contributed by atoms with Gasteiger partial charge in [0, 0.05) is 11.4 Å². The number of carboxylic acid groups (broad SMARTS) is 1. The second-order valence-electron chi connectivity index (χ2n) is 4.59. The van der Waals surface area contributed by atoms with E-state index in [4.69, 9.17) is 0 Å². The van der Waals surface area contributed by atoms with Crippen molar-refractivity contribution >= 4 is 28.3 Å². The first-order valence-electron chi connectivity index (χ1n) is 6.41. The number of rotatable bonds is 4. The SMILES string of the molecule is Cc1sc(NC(=O)NCc2ccccc2)c(C(=O)O)c1C. The van der Waals surface area contributed by atoms with Crippen LogP contribution in [0.25, 0.3) is 0 Å². The Bertz CT molecular complexity index is 665. The first-order chi connectivity index (χ1) is 9.99. The Kier molecular flexibility index (Phi) is 4.59. The standard InChI is InChI=1S/C15H16N2O3S/c1-9-10(2)21-13(12(9)14(18)19)17-15(20)16-8-11-6-4-3-5-7-11/h3-7H,8H2,1-2H3,(H,18,19)(H2,16,17,20). The third kappa shape index (κ3) is 3.61. The predicted molar refractivity (Wildman–Crippen MR) is 83.1 cm³/mol. The van der Waals surface area contributed by atoms with E-state index in [0.29, 0.717) is 17.1 Å². The molecule has 0 atom stereocenters. The molecule has 0 aliphatic heterocycles. The molecule has 0 saturated heterocycles. The van der Waals surface area contributed by atoms with Crippen molar-refractivity contribution in [3.8, 4) is 0 Å². The van der Waals surface area contributed by atoms with Gasteiger partial charge >= 0.3 is 12.0 Å². The monoisotopic (exact) mass is 304 g/mol. The summed E-state index contributed by atoms with van der Waals surface area (Å²) in [6, 6.07) is 9.08. The molecule has 0 aliphatic carbocycles. The van der Waals surface area contributed by atoms with Gasteiger partial charge < -0.3 is 10.4 Å². The van der Waals surface area contributed by atoms with Crippen molar-refractivity contribution < 1.29 is 14.7 Å². The molecule has 0 aliphatic rings. The second-order valence-corrected chi connectivity index (χ2v) is 5.81. The molecule has 0 radical (unpaired) electrons. The van der Waals surface area contributed by atoms with Crippen molar-refractivity contribution in [3.63, 3.8) is 0 Å². The van der Waals surface area contributed by atoms with E-state index in [1.54, 1.807) is 6.92 Å². The first kappa shape index (κ1) is 15.1. The molecule has 0 saturated carbocycles. The van der Waals surface area contributed by atoms with E-state index < -0.39 is 12.0 Å². The van der Waals surface area contributed by atoms with Gasteiger partial charge in [-0.05, 0) is 25.0 Å². The number of carbonyl (C=O) groups excluding carboxylic acids is 1. The molecular weight excluding hydrogens is 288 g/mol. The molecule has 1 heterocycles. The zero-order valence-electron chi connectivity index (χ0n) is 11.8. The van der Waals surface area contributed by atoms with Crippen molar-refractivity contribution in [2.24, 2.45) is 0 Å². The van der Waals surface area contributed by atoms with Crippen LogP contribution in [0.2, 0.25) is 0 Å². The Labute approximate surface area is 126 Å². The van der Waals surface area contributed by atoms with Crippen LogP contribution in [0.1, 0.15) is 26.4 Å². The number of urea groups is 1. The van der Waals surface area contributed by atoms with E-state index in [2.05, 4.69) is 10.6 Å². The molecule has 5 nitrogen and oxygen atoms in total.